The van der Waals surface area contributed by atoms with Crippen LogP contribution in [0.2, 0.25) is 0 Å². The Morgan fingerprint density at radius 1 is 1.13 bits per heavy atom. The fourth-order valence-electron chi connectivity index (χ4n) is 5.66. The van der Waals surface area contributed by atoms with Crippen LogP contribution >= 0.6 is 0 Å². The van der Waals surface area contributed by atoms with Crippen molar-refractivity contribution in [3.63, 3.8) is 0 Å². The third kappa shape index (κ3) is 5.49. The highest BCUT2D eigenvalue weighted by Gasteiger charge is 2.29. The zero-order chi connectivity index (χ0) is 27.7. The molecule has 1 saturated heterocycles. The van der Waals surface area contributed by atoms with Gasteiger partial charge in [-0.15, -0.1) is 0 Å². The van der Waals surface area contributed by atoms with E-state index in [0.29, 0.717) is 22.8 Å². The van der Waals surface area contributed by atoms with E-state index in [2.05, 4.69) is 22.9 Å². The molecule has 2 aromatic carbocycles. The van der Waals surface area contributed by atoms with Crippen LogP contribution in [0, 0.1) is 11.7 Å². The second-order valence-electron chi connectivity index (χ2n) is 10.6. The van der Waals surface area contributed by atoms with Crippen LogP contribution in [0.25, 0.3) is 11.1 Å². The van der Waals surface area contributed by atoms with Crippen LogP contribution < -0.4 is 9.47 Å². The summed E-state index contributed by atoms with van der Waals surface area (Å²) in [6.45, 7) is 5.65. The zero-order valence-corrected chi connectivity index (χ0v) is 22.6. The Kier molecular flexibility index (Phi) is 7.86. The minimum absolute atomic E-state index is 0.0798. The summed E-state index contributed by atoms with van der Waals surface area (Å²) in [6.07, 6.45) is 3.70. The SMILES string of the molecule is COc1cc(-c2ccc(C3CCc4ccc([C@H](O)[C@H](C)C(=O)O)cc4O3)cc2C(C)N2CCCC2)c(F)cn1. The lowest BCUT2D eigenvalue weighted by Crippen LogP contribution is -2.24. The van der Waals surface area contributed by atoms with Crippen molar-refractivity contribution in [2.75, 3.05) is 20.2 Å². The van der Waals surface area contributed by atoms with Crippen molar-refractivity contribution in [3.05, 3.63) is 76.7 Å². The lowest BCUT2D eigenvalue weighted by Gasteiger charge is -2.30. The summed E-state index contributed by atoms with van der Waals surface area (Å²) >= 11 is 0. The fraction of sp³-hybridized carbons (Fsp3) is 0.419. The zero-order valence-electron chi connectivity index (χ0n) is 22.6. The monoisotopic (exact) mass is 534 g/mol. The van der Waals surface area contributed by atoms with E-state index in [4.69, 9.17) is 9.47 Å². The molecule has 0 radical (unpaired) electrons. The maximum absolute atomic E-state index is 15.0. The number of likely N-dealkylation sites (tertiary alicyclic amines) is 1. The van der Waals surface area contributed by atoms with E-state index < -0.39 is 23.8 Å². The van der Waals surface area contributed by atoms with Crippen LogP contribution in [-0.2, 0) is 11.2 Å². The molecule has 2 N–H and O–H groups in total. The Morgan fingerprint density at radius 3 is 2.62 bits per heavy atom. The molecule has 2 aliphatic heterocycles. The molecule has 4 atom stereocenters. The first-order chi connectivity index (χ1) is 18.8. The molecular weight excluding hydrogens is 499 g/mol. The number of ether oxygens (including phenoxy) is 2. The van der Waals surface area contributed by atoms with E-state index in [1.54, 1.807) is 18.2 Å². The van der Waals surface area contributed by atoms with Gasteiger partial charge >= 0.3 is 5.97 Å². The van der Waals surface area contributed by atoms with Crippen molar-refractivity contribution >= 4 is 5.97 Å². The van der Waals surface area contributed by atoms with E-state index in [1.807, 2.05) is 18.2 Å². The minimum Gasteiger partial charge on any atom is -0.485 e. The molecule has 0 bridgehead atoms. The molecule has 2 unspecified atom stereocenters. The maximum Gasteiger partial charge on any atom is 0.309 e. The van der Waals surface area contributed by atoms with E-state index in [-0.39, 0.29) is 12.1 Å². The van der Waals surface area contributed by atoms with Gasteiger partial charge in [-0.3, -0.25) is 9.69 Å². The van der Waals surface area contributed by atoms with Gasteiger partial charge in [-0.25, -0.2) is 9.37 Å². The number of aliphatic hydroxyl groups is 1. The van der Waals surface area contributed by atoms with E-state index in [9.17, 15) is 15.0 Å². The van der Waals surface area contributed by atoms with Crippen LogP contribution in [0.1, 0.15) is 73.6 Å². The summed E-state index contributed by atoms with van der Waals surface area (Å²) in [5.74, 6) is -1.37. The Morgan fingerprint density at radius 2 is 1.90 bits per heavy atom. The minimum atomic E-state index is -1.13. The largest absolute Gasteiger partial charge is 0.485 e. The average Bonchev–Trinajstić information content (AvgIpc) is 3.50. The predicted octanol–water partition coefficient (Wildman–Crippen LogP) is 5.87. The predicted molar refractivity (Wildman–Crippen MR) is 145 cm³/mol. The van der Waals surface area contributed by atoms with Crippen LogP contribution in [0.3, 0.4) is 0 Å². The molecule has 7 nitrogen and oxygen atoms in total. The van der Waals surface area contributed by atoms with E-state index >= 15 is 4.39 Å². The number of aliphatic carboxylic acids is 1. The van der Waals surface area contributed by atoms with Gasteiger partial charge in [0, 0.05) is 17.7 Å². The normalized spacial score (nSPS) is 19.6. The molecule has 2 aliphatic rings. The van der Waals surface area contributed by atoms with Gasteiger partial charge in [0.15, 0.2) is 0 Å². The first-order valence-electron chi connectivity index (χ1n) is 13.5. The second kappa shape index (κ2) is 11.3. The van der Waals surface area contributed by atoms with Crippen molar-refractivity contribution in [2.45, 2.75) is 57.8 Å². The van der Waals surface area contributed by atoms with Crippen LogP contribution in [0.4, 0.5) is 4.39 Å². The number of nitrogens with zero attached hydrogens (tertiary/aromatic N) is 2. The summed E-state index contributed by atoms with van der Waals surface area (Å²) in [4.78, 5) is 17.8. The standard InChI is InChI=1S/C31H35FN2O5/c1-18(31(36)37)30(35)22-7-6-20-9-11-27(39-28(20)15-22)21-8-10-23(25-16-29(38-3)33-17-26(25)32)24(14-21)19(2)34-12-4-5-13-34/h6-8,10,14-19,27,30,35H,4-5,9,11-13H2,1-3H3,(H,36,37)/t18-,19?,27?,30+/m0/s1. The molecule has 3 aromatic rings. The molecule has 0 spiro atoms. The number of halogens is 1. The molecule has 1 aromatic heterocycles. The van der Waals surface area contributed by atoms with Crippen molar-refractivity contribution in [2.24, 2.45) is 5.92 Å². The van der Waals surface area contributed by atoms with Gasteiger partial charge in [-0.1, -0.05) is 24.3 Å². The number of carbonyl (C=O) groups is 1. The highest BCUT2D eigenvalue weighted by atomic mass is 19.1. The highest BCUT2D eigenvalue weighted by molar-refractivity contribution is 5.71. The lowest BCUT2D eigenvalue weighted by molar-refractivity contribution is -0.145. The van der Waals surface area contributed by atoms with Gasteiger partial charge in [0.2, 0.25) is 5.88 Å². The lowest BCUT2D eigenvalue weighted by atomic mass is 9.89. The third-order valence-corrected chi connectivity index (χ3v) is 8.16. The molecule has 0 saturated carbocycles. The number of hydrogen-bond donors (Lipinski definition) is 2. The van der Waals surface area contributed by atoms with Gasteiger partial charge in [-0.05, 0) is 92.6 Å². The fourth-order valence-corrected chi connectivity index (χ4v) is 5.66. The highest BCUT2D eigenvalue weighted by Crippen LogP contribution is 2.41. The first kappa shape index (κ1) is 27.1. The average molecular weight is 535 g/mol. The van der Waals surface area contributed by atoms with Crippen molar-refractivity contribution < 1.29 is 28.9 Å². The Bertz CT molecular complexity index is 1360. The van der Waals surface area contributed by atoms with E-state index in [0.717, 1.165) is 61.0 Å². The molecule has 8 heteroatoms. The molecule has 0 aliphatic carbocycles. The smallest absolute Gasteiger partial charge is 0.309 e. The molecule has 1 fully saturated rings. The molecule has 3 heterocycles. The second-order valence-corrected chi connectivity index (χ2v) is 10.6. The number of aryl methyl sites for hydroxylation is 1. The molecule has 0 amide bonds. The number of methoxy groups -OCH3 is 1. The maximum atomic E-state index is 15.0. The topological polar surface area (TPSA) is 92.1 Å². The summed E-state index contributed by atoms with van der Waals surface area (Å²) in [5.41, 5.74) is 4.83. The van der Waals surface area contributed by atoms with Crippen LogP contribution in [0.15, 0.2) is 48.7 Å². The van der Waals surface area contributed by atoms with Crippen molar-refractivity contribution in [1.82, 2.24) is 9.88 Å². The molecule has 206 valence electrons. The number of fused-ring (bicyclic) bond motifs is 1. The van der Waals surface area contributed by atoms with E-state index in [1.165, 1.54) is 20.2 Å². The Balaban J connectivity index is 1.50. The van der Waals surface area contributed by atoms with Gasteiger partial charge in [0.25, 0.3) is 0 Å². The van der Waals surface area contributed by atoms with Gasteiger partial charge < -0.3 is 19.7 Å². The number of hydrogen-bond acceptors (Lipinski definition) is 6. The number of carboxylic acids is 1. The van der Waals surface area contributed by atoms with Crippen LogP contribution in [-0.4, -0.2) is 46.3 Å². The van der Waals surface area contributed by atoms with Crippen LogP contribution in [0.5, 0.6) is 11.6 Å². The first-order valence-corrected chi connectivity index (χ1v) is 13.5. The third-order valence-electron chi connectivity index (χ3n) is 8.16. The van der Waals surface area contributed by atoms with Crippen molar-refractivity contribution in [1.29, 1.82) is 0 Å². The van der Waals surface area contributed by atoms with Crippen molar-refractivity contribution in [3.8, 4) is 22.8 Å². The Labute approximate surface area is 228 Å². The van der Waals surface area contributed by atoms with Gasteiger partial charge in [-0.2, -0.15) is 0 Å². The summed E-state index contributed by atoms with van der Waals surface area (Å²) in [6, 6.07) is 13.2. The number of carboxylic acid groups (broad SMARTS) is 1. The summed E-state index contributed by atoms with van der Waals surface area (Å²) < 4.78 is 26.7. The summed E-state index contributed by atoms with van der Waals surface area (Å²) in [5, 5.41) is 19.9. The Hall–Kier alpha value is -3.49. The molecule has 5 rings (SSSR count). The number of rotatable bonds is 8. The molecular formula is C31H35FN2O5. The number of benzene rings is 2. The molecule has 39 heavy (non-hydrogen) atoms. The quantitative estimate of drug-likeness (QED) is 0.373. The van der Waals surface area contributed by atoms with Gasteiger partial charge in [0.1, 0.15) is 17.7 Å². The number of pyridine rings is 1. The number of aliphatic hydroxyl groups excluding tert-OH is 1. The summed E-state index contributed by atoms with van der Waals surface area (Å²) in [7, 11) is 1.52. The van der Waals surface area contributed by atoms with Gasteiger partial charge in [0.05, 0.1) is 25.3 Å². The number of aromatic nitrogens is 1.